The third-order valence-electron chi connectivity index (χ3n) is 12.8. The van der Waals surface area contributed by atoms with E-state index in [-0.39, 0.29) is 40.1 Å². The molecule has 5 N–H and O–H groups in total. The van der Waals surface area contributed by atoms with Gasteiger partial charge in [0.05, 0.1) is 31.2 Å². The lowest BCUT2D eigenvalue weighted by Gasteiger charge is -2.64. The highest BCUT2D eigenvalue weighted by Gasteiger charge is 2.68. The molecule has 258 valence electrons. The number of esters is 1. The molecule has 2 aromatic rings. The number of benzene rings is 1. The number of hydrogen-bond acceptors (Lipinski definition) is 10. The number of carbonyl (C=O) groups excluding carboxylic acids is 1. The molecule has 10 heteroatoms. The summed E-state index contributed by atoms with van der Waals surface area (Å²) in [5.41, 5.74) is 0.180. The van der Waals surface area contributed by atoms with Crippen LogP contribution in [0.3, 0.4) is 0 Å². The number of fused-ring (bicyclic) bond motifs is 5. The van der Waals surface area contributed by atoms with Crippen molar-refractivity contribution in [3.8, 4) is 0 Å². The fourth-order valence-corrected chi connectivity index (χ4v) is 10.2. The third kappa shape index (κ3) is 6.10. The van der Waals surface area contributed by atoms with E-state index < -0.39 is 42.1 Å². The van der Waals surface area contributed by atoms with Crippen molar-refractivity contribution in [2.24, 2.45) is 28.6 Å². The highest BCUT2D eigenvalue weighted by Crippen LogP contribution is 2.70. The van der Waals surface area contributed by atoms with Crippen LogP contribution in [-0.4, -0.2) is 74.2 Å². The Bertz CT molecular complexity index is 1420. The van der Waals surface area contributed by atoms with Gasteiger partial charge in [-0.2, -0.15) is 0 Å². The normalized spacial score (nSPS) is 37.5. The topological polar surface area (TPSA) is 167 Å². The van der Waals surface area contributed by atoms with Gasteiger partial charge in [0, 0.05) is 16.9 Å². The lowest BCUT2D eigenvalue weighted by atomic mass is 9.43. The minimum Gasteiger partial charge on any atom is -0.460 e. The first kappa shape index (κ1) is 34.3. The second kappa shape index (κ2) is 13.4. The van der Waals surface area contributed by atoms with Gasteiger partial charge in [0.2, 0.25) is 0 Å². The van der Waals surface area contributed by atoms with Gasteiger partial charge in [0.15, 0.2) is 6.10 Å². The molecule has 4 fully saturated rings. The molecule has 0 radical (unpaired) electrons. The van der Waals surface area contributed by atoms with Crippen LogP contribution in [-0.2, 0) is 20.9 Å². The van der Waals surface area contributed by atoms with Crippen LogP contribution >= 0.6 is 0 Å². The van der Waals surface area contributed by atoms with Crippen molar-refractivity contribution in [1.82, 2.24) is 0 Å². The lowest BCUT2D eigenvalue weighted by Crippen LogP contribution is -2.63. The van der Waals surface area contributed by atoms with Crippen LogP contribution in [0.5, 0.6) is 0 Å². The van der Waals surface area contributed by atoms with Crippen molar-refractivity contribution >= 4 is 5.97 Å². The van der Waals surface area contributed by atoms with Gasteiger partial charge in [-0.3, -0.25) is 0 Å². The Kier molecular flexibility index (Phi) is 9.75. The summed E-state index contributed by atoms with van der Waals surface area (Å²) in [5.74, 6) is -0.501. The fourth-order valence-electron chi connectivity index (χ4n) is 10.2. The number of rotatable bonds is 10. The van der Waals surface area contributed by atoms with Crippen molar-refractivity contribution in [3.05, 3.63) is 70.3 Å². The Hall–Kier alpha value is -2.60. The summed E-state index contributed by atoms with van der Waals surface area (Å²) in [4.78, 5) is 24.5. The molecule has 12 atom stereocenters. The van der Waals surface area contributed by atoms with Gasteiger partial charge in [0.1, 0.15) is 18.3 Å². The summed E-state index contributed by atoms with van der Waals surface area (Å²) in [6.07, 6.45) is 0.991. The molecule has 0 aliphatic heterocycles. The van der Waals surface area contributed by atoms with Gasteiger partial charge in [-0.25, -0.2) is 9.59 Å². The second-order valence-corrected chi connectivity index (χ2v) is 15.1. The van der Waals surface area contributed by atoms with Crippen LogP contribution in [0.15, 0.2) is 57.9 Å². The number of aliphatic hydroxyl groups excluding tert-OH is 4. The van der Waals surface area contributed by atoms with Crippen molar-refractivity contribution < 1.29 is 44.2 Å². The summed E-state index contributed by atoms with van der Waals surface area (Å²) in [5, 5.41) is 52.9. The molecule has 0 bridgehead atoms. The molecular formula is C37H50O10. The molecule has 47 heavy (non-hydrogen) atoms. The van der Waals surface area contributed by atoms with Crippen molar-refractivity contribution in [1.29, 1.82) is 0 Å². The van der Waals surface area contributed by atoms with Crippen molar-refractivity contribution in [3.63, 3.8) is 0 Å². The maximum Gasteiger partial charge on any atom is 0.338 e. The van der Waals surface area contributed by atoms with E-state index in [1.54, 1.807) is 6.26 Å². The van der Waals surface area contributed by atoms with Crippen molar-refractivity contribution in [2.75, 3.05) is 6.61 Å². The van der Waals surface area contributed by atoms with E-state index in [0.717, 1.165) is 49.7 Å². The summed E-state index contributed by atoms with van der Waals surface area (Å²) in [6.45, 7) is 4.47. The standard InChI is InChI=1S/C37H50O10/c1-22(38)31(40)32(41)33(42)34(43)47-26-12-16-36(21-45-19-23-6-4-3-5-7-23)25(18-26)9-10-29-28(36)13-15-35(2)27(14-17-37(29,35)44)24-8-11-30(39)46-20-24/h3-8,11,20,22,25-29,31-33,38,40-42,44H,9-10,12-19,21H2,1-2H3/t22-,25?,26-,27+,28-,29+,31-,32+,33+,35+,36+,37-/m0/s1. The predicted octanol–water partition coefficient (Wildman–Crippen LogP) is 3.45. The minimum absolute atomic E-state index is 0.0663. The highest BCUT2D eigenvalue weighted by atomic mass is 16.6. The van der Waals surface area contributed by atoms with E-state index in [4.69, 9.17) is 13.9 Å². The van der Waals surface area contributed by atoms with Crippen LogP contribution in [0.25, 0.3) is 0 Å². The number of aliphatic hydroxyl groups is 5. The zero-order valence-corrected chi connectivity index (χ0v) is 27.4. The van der Waals surface area contributed by atoms with Gasteiger partial charge in [-0.15, -0.1) is 0 Å². The minimum atomic E-state index is -1.98. The number of hydrogen-bond donors (Lipinski definition) is 5. The van der Waals surface area contributed by atoms with Gasteiger partial charge < -0.3 is 39.4 Å². The summed E-state index contributed by atoms with van der Waals surface area (Å²) in [6, 6.07) is 13.4. The van der Waals surface area contributed by atoms with Crippen molar-refractivity contribution in [2.45, 2.75) is 120 Å². The van der Waals surface area contributed by atoms with E-state index in [1.165, 1.54) is 13.0 Å². The van der Waals surface area contributed by atoms with Crippen LogP contribution in [0.1, 0.15) is 88.7 Å². The zero-order chi connectivity index (χ0) is 33.6. The van der Waals surface area contributed by atoms with Crippen LogP contribution in [0.4, 0.5) is 0 Å². The van der Waals surface area contributed by atoms with E-state index in [9.17, 15) is 35.1 Å². The average molecular weight is 655 g/mol. The lowest BCUT2D eigenvalue weighted by molar-refractivity contribution is -0.224. The summed E-state index contributed by atoms with van der Waals surface area (Å²) in [7, 11) is 0. The Morgan fingerprint density at radius 2 is 1.70 bits per heavy atom. The van der Waals surface area contributed by atoms with E-state index in [2.05, 4.69) is 6.92 Å². The Balaban J connectivity index is 1.23. The molecular weight excluding hydrogens is 604 g/mol. The van der Waals surface area contributed by atoms with Gasteiger partial charge in [-0.1, -0.05) is 37.3 Å². The van der Waals surface area contributed by atoms with Gasteiger partial charge in [-0.05, 0) is 106 Å². The second-order valence-electron chi connectivity index (χ2n) is 15.1. The third-order valence-corrected chi connectivity index (χ3v) is 12.8. The number of carbonyl (C=O) groups is 1. The molecule has 4 saturated carbocycles. The Morgan fingerprint density at radius 1 is 0.936 bits per heavy atom. The Morgan fingerprint density at radius 3 is 2.40 bits per heavy atom. The molecule has 1 heterocycles. The molecule has 4 aliphatic rings. The first-order valence-corrected chi connectivity index (χ1v) is 17.2. The largest absolute Gasteiger partial charge is 0.460 e. The van der Waals surface area contributed by atoms with E-state index in [0.29, 0.717) is 32.5 Å². The first-order chi connectivity index (χ1) is 22.4. The summed E-state index contributed by atoms with van der Waals surface area (Å²) < 4.78 is 17.5. The number of ether oxygens (including phenoxy) is 2. The molecule has 1 aromatic carbocycles. The van der Waals surface area contributed by atoms with Crippen LogP contribution in [0.2, 0.25) is 0 Å². The maximum atomic E-state index is 12.8. The van der Waals surface area contributed by atoms with Crippen LogP contribution < -0.4 is 5.63 Å². The molecule has 0 saturated heterocycles. The van der Waals surface area contributed by atoms with Crippen LogP contribution in [0, 0.1) is 28.6 Å². The monoisotopic (exact) mass is 654 g/mol. The van der Waals surface area contributed by atoms with Gasteiger partial charge in [0.25, 0.3) is 0 Å². The average Bonchev–Trinajstić information content (AvgIpc) is 3.35. The summed E-state index contributed by atoms with van der Waals surface area (Å²) >= 11 is 0. The quantitative estimate of drug-likeness (QED) is 0.240. The van der Waals surface area contributed by atoms with Gasteiger partial charge >= 0.3 is 11.6 Å². The van der Waals surface area contributed by atoms with E-state index in [1.807, 2.05) is 36.4 Å². The highest BCUT2D eigenvalue weighted by molar-refractivity contribution is 5.75. The molecule has 0 spiro atoms. The van der Waals surface area contributed by atoms with E-state index >= 15 is 0 Å². The fraction of sp³-hybridized carbons (Fsp3) is 0.676. The molecule has 0 amide bonds. The molecule has 10 nitrogen and oxygen atoms in total. The maximum absolute atomic E-state index is 12.8. The SMILES string of the molecule is C[C@H](O)[C@H](O)[C@@H](O)[C@@H](O)C(=O)O[C@H]1CC[C@@]2(COCc3ccccc3)C(CC[C@@H]3[C@@H]2CC[C@]2(C)[C@@H](c4ccc(=O)oc4)CC[C@]32O)C1. The smallest absolute Gasteiger partial charge is 0.338 e. The predicted molar refractivity (Wildman–Crippen MR) is 171 cm³/mol. The molecule has 4 aliphatic carbocycles. The zero-order valence-electron chi connectivity index (χ0n) is 27.4. The molecule has 1 aromatic heterocycles. The first-order valence-electron chi connectivity index (χ1n) is 17.2. The molecule has 6 rings (SSSR count). The Labute approximate surface area is 275 Å². The molecule has 1 unspecified atom stereocenters.